The first kappa shape index (κ1) is 7.26. The van der Waals surface area contributed by atoms with E-state index in [4.69, 9.17) is 6.57 Å². The highest BCUT2D eigenvalue weighted by molar-refractivity contribution is 7.22. The predicted molar refractivity (Wildman–Crippen MR) is 50.6 cm³/mol. The first-order chi connectivity index (χ1) is 5.79. The molecule has 0 aliphatic rings. The van der Waals surface area contributed by atoms with Gasteiger partial charge in [0.05, 0.1) is 4.70 Å². The number of fused-ring (bicyclic) bond motifs is 1. The van der Waals surface area contributed by atoms with E-state index in [9.17, 15) is 0 Å². The molecule has 0 radical (unpaired) electrons. The first-order valence-corrected chi connectivity index (χ1v) is 4.36. The lowest BCUT2D eigenvalue weighted by Crippen LogP contribution is -1.70. The number of hydrogen-bond acceptors (Lipinski definition) is 2. The molecule has 1 heterocycles. The van der Waals surface area contributed by atoms with E-state index < -0.39 is 0 Å². The van der Waals surface area contributed by atoms with Crippen LogP contribution in [0.2, 0.25) is 0 Å². The molecule has 2 rings (SSSR count). The summed E-state index contributed by atoms with van der Waals surface area (Å²) in [5.74, 6) is 0. The minimum atomic E-state index is 0.524. The lowest BCUT2D eigenvalue weighted by atomic mass is 10.2. The second kappa shape index (κ2) is 2.58. The number of rotatable bonds is 0. The van der Waals surface area contributed by atoms with Crippen LogP contribution in [-0.2, 0) is 0 Å². The molecule has 0 atom stereocenters. The highest BCUT2D eigenvalue weighted by atomic mass is 32.1. The minimum absolute atomic E-state index is 0.524. The van der Waals surface area contributed by atoms with Crippen molar-refractivity contribution in [3.8, 4) is 0 Å². The monoisotopic (exact) mass is 174 g/mol. The standard InChI is InChI=1S/C9H6N2S/c1-6-3-4-8-7(5-6)11-9(10-2)12-8/h3-5H,1H3. The van der Waals surface area contributed by atoms with Crippen LogP contribution in [-0.4, -0.2) is 4.98 Å². The van der Waals surface area contributed by atoms with E-state index in [0.717, 1.165) is 10.2 Å². The molecule has 0 spiro atoms. The molecule has 3 heteroatoms. The molecule has 0 bridgehead atoms. The van der Waals surface area contributed by atoms with Crippen molar-refractivity contribution in [2.75, 3.05) is 0 Å². The van der Waals surface area contributed by atoms with Gasteiger partial charge < -0.3 is 4.85 Å². The summed E-state index contributed by atoms with van der Waals surface area (Å²) >= 11 is 1.44. The maximum Gasteiger partial charge on any atom is 0.330 e. The zero-order chi connectivity index (χ0) is 8.55. The third-order valence-corrected chi connectivity index (χ3v) is 2.56. The van der Waals surface area contributed by atoms with Gasteiger partial charge in [-0.25, -0.2) is 0 Å². The van der Waals surface area contributed by atoms with Crippen molar-refractivity contribution in [1.82, 2.24) is 4.98 Å². The largest absolute Gasteiger partial charge is 0.351 e. The van der Waals surface area contributed by atoms with Gasteiger partial charge in [-0.05, 0) is 24.6 Å². The van der Waals surface area contributed by atoms with E-state index in [1.807, 2.05) is 25.1 Å². The molecule has 0 saturated carbocycles. The van der Waals surface area contributed by atoms with Crippen LogP contribution in [0.5, 0.6) is 0 Å². The Labute approximate surface area is 74.3 Å². The number of aryl methyl sites for hydroxylation is 1. The number of hydrogen-bond donors (Lipinski definition) is 0. The van der Waals surface area contributed by atoms with Gasteiger partial charge in [0, 0.05) is 0 Å². The fourth-order valence-electron chi connectivity index (χ4n) is 1.07. The molecule has 2 nitrogen and oxygen atoms in total. The van der Waals surface area contributed by atoms with E-state index in [-0.39, 0.29) is 0 Å². The van der Waals surface area contributed by atoms with E-state index in [1.165, 1.54) is 16.9 Å². The zero-order valence-electron chi connectivity index (χ0n) is 6.53. The summed E-state index contributed by atoms with van der Waals surface area (Å²) in [5.41, 5.74) is 2.12. The third-order valence-electron chi connectivity index (χ3n) is 1.63. The third kappa shape index (κ3) is 1.06. The van der Waals surface area contributed by atoms with Crippen LogP contribution in [0, 0.1) is 13.5 Å². The number of thiazole rings is 1. The van der Waals surface area contributed by atoms with Gasteiger partial charge in [0.25, 0.3) is 0 Å². The average Bonchev–Trinajstić information content (AvgIpc) is 2.46. The van der Waals surface area contributed by atoms with Gasteiger partial charge >= 0.3 is 5.13 Å². The van der Waals surface area contributed by atoms with Crippen LogP contribution < -0.4 is 0 Å². The van der Waals surface area contributed by atoms with Crippen molar-refractivity contribution in [3.63, 3.8) is 0 Å². The Bertz CT molecular complexity index is 465. The van der Waals surface area contributed by atoms with E-state index in [0.29, 0.717) is 5.13 Å². The summed E-state index contributed by atoms with van der Waals surface area (Å²) in [6.07, 6.45) is 0. The molecule has 1 aromatic heterocycles. The average molecular weight is 174 g/mol. The van der Waals surface area contributed by atoms with Crippen molar-refractivity contribution in [3.05, 3.63) is 35.2 Å². The fourth-order valence-corrected chi connectivity index (χ4v) is 1.80. The quantitative estimate of drug-likeness (QED) is 0.561. The Hall–Kier alpha value is -1.40. The maximum atomic E-state index is 6.80. The van der Waals surface area contributed by atoms with Crippen LogP contribution in [0.15, 0.2) is 18.2 Å². The van der Waals surface area contributed by atoms with Crippen molar-refractivity contribution in [2.24, 2.45) is 0 Å². The summed E-state index contributed by atoms with van der Waals surface area (Å²) in [5, 5.41) is 0.524. The normalized spacial score (nSPS) is 10.0. The summed E-state index contributed by atoms with van der Waals surface area (Å²) in [7, 11) is 0. The molecular formula is C9H6N2S. The summed E-state index contributed by atoms with van der Waals surface area (Å²) < 4.78 is 1.09. The molecular weight excluding hydrogens is 168 g/mol. The molecule has 0 unspecified atom stereocenters. The lowest BCUT2D eigenvalue weighted by molar-refractivity contribution is 1.46. The Morgan fingerprint density at radius 1 is 1.50 bits per heavy atom. The van der Waals surface area contributed by atoms with Crippen molar-refractivity contribution in [2.45, 2.75) is 6.92 Å². The van der Waals surface area contributed by atoms with Crippen LogP contribution in [0.25, 0.3) is 15.1 Å². The van der Waals surface area contributed by atoms with E-state index in [2.05, 4.69) is 9.83 Å². The molecule has 12 heavy (non-hydrogen) atoms. The molecule has 58 valence electrons. The minimum Gasteiger partial charge on any atom is -0.351 e. The summed E-state index contributed by atoms with van der Waals surface area (Å²) in [6.45, 7) is 8.83. The van der Waals surface area contributed by atoms with E-state index in [1.54, 1.807) is 0 Å². The van der Waals surface area contributed by atoms with Crippen LogP contribution in [0.4, 0.5) is 5.13 Å². The molecule has 0 saturated heterocycles. The highest BCUT2D eigenvalue weighted by Gasteiger charge is 2.04. The Morgan fingerprint density at radius 2 is 2.33 bits per heavy atom. The molecule has 2 aromatic rings. The second-order valence-corrected chi connectivity index (χ2v) is 3.59. The van der Waals surface area contributed by atoms with Crippen LogP contribution in [0.1, 0.15) is 5.56 Å². The van der Waals surface area contributed by atoms with Gasteiger partial charge in [0.1, 0.15) is 0 Å². The Morgan fingerprint density at radius 3 is 3.08 bits per heavy atom. The summed E-state index contributed by atoms with van der Waals surface area (Å²) in [4.78, 5) is 7.45. The molecule has 0 N–H and O–H groups in total. The van der Waals surface area contributed by atoms with Crippen LogP contribution >= 0.6 is 11.3 Å². The molecule has 1 aromatic carbocycles. The fraction of sp³-hybridized carbons (Fsp3) is 0.111. The van der Waals surface area contributed by atoms with Gasteiger partial charge in [0.15, 0.2) is 5.52 Å². The van der Waals surface area contributed by atoms with Crippen molar-refractivity contribution >= 4 is 26.7 Å². The van der Waals surface area contributed by atoms with Gasteiger partial charge in [-0.15, -0.1) is 16.3 Å². The topological polar surface area (TPSA) is 17.2 Å². The molecule has 0 fully saturated rings. The van der Waals surface area contributed by atoms with Gasteiger partial charge in [-0.1, -0.05) is 12.6 Å². The SMILES string of the molecule is [C-]#[N+]c1nc2cc(C)ccc2s1. The first-order valence-electron chi connectivity index (χ1n) is 3.54. The molecule has 0 amide bonds. The van der Waals surface area contributed by atoms with Crippen LogP contribution in [0.3, 0.4) is 0 Å². The smallest absolute Gasteiger partial charge is 0.330 e. The predicted octanol–water partition coefficient (Wildman–Crippen LogP) is 3.16. The number of nitrogens with zero attached hydrogens (tertiary/aromatic N) is 2. The van der Waals surface area contributed by atoms with Gasteiger partial charge in [0.2, 0.25) is 0 Å². The lowest BCUT2D eigenvalue weighted by Gasteiger charge is -1.86. The Kier molecular flexibility index (Phi) is 1.56. The highest BCUT2D eigenvalue weighted by Crippen LogP contribution is 2.28. The molecule has 0 aliphatic carbocycles. The number of aromatic nitrogens is 1. The summed E-state index contributed by atoms with van der Waals surface area (Å²) in [6, 6.07) is 6.05. The van der Waals surface area contributed by atoms with Gasteiger partial charge in [-0.3, -0.25) is 0 Å². The Balaban J connectivity index is 2.77. The van der Waals surface area contributed by atoms with Gasteiger partial charge in [-0.2, -0.15) is 0 Å². The number of benzene rings is 1. The maximum absolute atomic E-state index is 6.80. The molecule has 0 aliphatic heterocycles. The zero-order valence-corrected chi connectivity index (χ0v) is 7.35. The second-order valence-electron chi connectivity index (χ2n) is 2.58. The van der Waals surface area contributed by atoms with Crippen molar-refractivity contribution < 1.29 is 0 Å². The van der Waals surface area contributed by atoms with E-state index >= 15 is 0 Å². The van der Waals surface area contributed by atoms with Crippen molar-refractivity contribution in [1.29, 1.82) is 0 Å².